The number of rotatable bonds is 1. The molecule has 0 unspecified atom stereocenters. The zero-order chi connectivity index (χ0) is 10.3. The summed E-state index contributed by atoms with van der Waals surface area (Å²) in [7, 11) is 0. The Bertz CT molecular complexity index is 480. The highest BCUT2D eigenvalue weighted by Crippen LogP contribution is 2.38. The molecule has 1 heterocycles. The second kappa shape index (κ2) is 3.67. The molecule has 2 heteroatoms. The van der Waals surface area contributed by atoms with Crippen LogP contribution in [-0.2, 0) is 0 Å². The SMILES string of the molecule is Brc1cccc2c(C3CCCC3)c[nH]c12. The average molecular weight is 264 g/mol. The molecule has 1 aromatic carbocycles. The van der Waals surface area contributed by atoms with E-state index in [4.69, 9.17) is 0 Å². The van der Waals surface area contributed by atoms with Crippen molar-refractivity contribution < 1.29 is 0 Å². The van der Waals surface area contributed by atoms with Crippen molar-refractivity contribution in [2.45, 2.75) is 31.6 Å². The molecular formula is C13H14BrN. The molecule has 78 valence electrons. The molecule has 1 saturated carbocycles. The maximum atomic E-state index is 3.59. The van der Waals surface area contributed by atoms with Gasteiger partial charge < -0.3 is 4.98 Å². The third-order valence-corrected chi connectivity index (χ3v) is 4.15. The second-order valence-corrected chi connectivity index (χ2v) is 5.24. The van der Waals surface area contributed by atoms with Crippen LogP contribution < -0.4 is 0 Å². The van der Waals surface area contributed by atoms with Gasteiger partial charge in [-0.3, -0.25) is 0 Å². The third kappa shape index (κ3) is 1.51. The van der Waals surface area contributed by atoms with Gasteiger partial charge in [0.15, 0.2) is 0 Å². The molecule has 0 radical (unpaired) electrons. The van der Waals surface area contributed by atoms with Gasteiger partial charge in [0.05, 0.1) is 5.52 Å². The van der Waals surface area contributed by atoms with Crippen molar-refractivity contribution in [2.75, 3.05) is 0 Å². The van der Waals surface area contributed by atoms with Crippen LogP contribution in [0.3, 0.4) is 0 Å². The molecule has 0 spiro atoms. The summed E-state index contributed by atoms with van der Waals surface area (Å²) in [6.45, 7) is 0. The molecule has 0 amide bonds. The summed E-state index contributed by atoms with van der Waals surface area (Å²) in [5, 5.41) is 1.40. The number of benzene rings is 1. The first-order valence-electron chi connectivity index (χ1n) is 5.62. The lowest BCUT2D eigenvalue weighted by Crippen LogP contribution is -1.89. The minimum Gasteiger partial charge on any atom is -0.360 e. The third-order valence-electron chi connectivity index (χ3n) is 3.49. The van der Waals surface area contributed by atoms with E-state index < -0.39 is 0 Å². The van der Waals surface area contributed by atoms with E-state index in [0.29, 0.717) is 0 Å². The van der Waals surface area contributed by atoms with Crippen LogP contribution in [-0.4, -0.2) is 4.98 Å². The Morgan fingerprint density at radius 2 is 2.00 bits per heavy atom. The summed E-state index contributed by atoms with van der Waals surface area (Å²) in [6, 6.07) is 6.44. The van der Waals surface area contributed by atoms with Gasteiger partial charge in [-0.2, -0.15) is 0 Å². The van der Waals surface area contributed by atoms with E-state index in [-0.39, 0.29) is 0 Å². The Kier molecular flexibility index (Phi) is 2.32. The molecule has 1 aliphatic carbocycles. The summed E-state index contributed by atoms with van der Waals surface area (Å²) in [5.41, 5.74) is 2.77. The molecule has 3 rings (SSSR count). The predicted octanol–water partition coefficient (Wildman–Crippen LogP) is 4.59. The first kappa shape index (κ1) is 9.46. The highest BCUT2D eigenvalue weighted by atomic mass is 79.9. The molecular weight excluding hydrogens is 250 g/mol. The molecule has 0 bridgehead atoms. The van der Waals surface area contributed by atoms with Crippen LogP contribution in [0, 0.1) is 0 Å². The summed E-state index contributed by atoms with van der Waals surface area (Å²) in [5.74, 6) is 0.785. The number of aromatic nitrogens is 1. The highest BCUT2D eigenvalue weighted by Gasteiger charge is 2.20. The number of H-pyrrole nitrogens is 1. The van der Waals surface area contributed by atoms with E-state index in [1.807, 2.05) is 0 Å². The van der Waals surface area contributed by atoms with Crippen LogP contribution in [0.2, 0.25) is 0 Å². The van der Waals surface area contributed by atoms with Gasteiger partial charge in [-0.15, -0.1) is 0 Å². The molecule has 1 N–H and O–H groups in total. The fourth-order valence-corrected chi connectivity index (χ4v) is 3.19. The van der Waals surface area contributed by atoms with Gasteiger partial charge in [-0.25, -0.2) is 0 Å². The highest BCUT2D eigenvalue weighted by molar-refractivity contribution is 9.10. The Balaban J connectivity index is 2.15. The number of aromatic amines is 1. The topological polar surface area (TPSA) is 15.8 Å². The quantitative estimate of drug-likeness (QED) is 0.775. The Morgan fingerprint density at radius 3 is 2.80 bits per heavy atom. The van der Waals surface area contributed by atoms with E-state index in [9.17, 15) is 0 Å². The minimum absolute atomic E-state index is 0.785. The first-order valence-corrected chi connectivity index (χ1v) is 6.41. The number of para-hydroxylation sites is 1. The number of halogens is 1. The monoisotopic (exact) mass is 263 g/mol. The summed E-state index contributed by atoms with van der Waals surface area (Å²) < 4.78 is 1.17. The summed E-state index contributed by atoms with van der Waals surface area (Å²) >= 11 is 3.59. The minimum atomic E-state index is 0.785. The van der Waals surface area contributed by atoms with Gasteiger partial charge in [0.25, 0.3) is 0 Å². The Hall–Kier alpha value is -0.760. The molecule has 15 heavy (non-hydrogen) atoms. The van der Waals surface area contributed by atoms with Gasteiger partial charge in [-0.1, -0.05) is 25.0 Å². The molecule has 0 atom stereocenters. The van der Waals surface area contributed by atoms with Crippen molar-refractivity contribution in [1.82, 2.24) is 4.98 Å². The number of hydrogen-bond donors (Lipinski definition) is 1. The fourth-order valence-electron chi connectivity index (χ4n) is 2.71. The molecule has 1 fully saturated rings. The maximum absolute atomic E-state index is 3.59. The van der Waals surface area contributed by atoms with Crippen molar-refractivity contribution >= 4 is 26.8 Å². The van der Waals surface area contributed by atoms with Gasteiger partial charge in [0, 0.05) is 16.1 Å². The second-order valence-electron chi connectivity index (χ2n) is 4.39. The van der Waals surface area contributed by atoms with Gasteiger partial charge in [0.2, 0.25) is 0 Å². The lowest BCUT2D eigenvalue weighted by atomic mass is 9.97. The first-order chi connectivity index (χ1) is 7.36. The Labute approximate surface area is 98.0 Å². The van der Waals surface area contributed by atoms with Crippen LogP contribution in [0.25, 0.3) is 10.9 Å². The molecule has 0 saturated heterocycles. The standard InChI is InChI=1S/C13H14BrN/c14-12-7-3-6-10-11(8-15-13(10)12)9-4-1-2-5-9/h3,6-9,15H,1-2,4-5H2. The zero-order valence-electron chi connectivity index (χ0n) is 8.59. The van der Waals surface area contributed by atoms with Crippen LogP contribution >= 0.6 is 15.9 Å². The van der Waals surface area contributed by atoms with Crippen LogP contribution in [0.15, 0.2) is 28.9 Å². The summed E-state index contributed by atoms with van der Waals surface area (Å²) in [6.07, 6.45) is 7.71. The Morgan fingerprint density at radius 1 is 1.20 bits per heavy atom. The van der Waals surface area contributed by atoms with Crippen molar-refractivity contribution in [2.24, 2.45) is 0 Å². The van der Waals surface area contributed by atoms with Crippen molar-refractivity contribution in [3.05, 3.63) is 34.4 Å². The van der Waals surface area contributed by atoms with E-state index in [1.54, 1.807) is 0 Å². The van der Waals surface area contributed by atoms with E-state index in [2.05, 4.69) is 45.3 Å². The van der Waals surface area contributed by atoms with Crippen LogP contribution in [0.5, 0.6) is 0 Å². The van der Waals surface area contributed by atoms with Gasteiger partial charge in [-0.05, 0) is 46.3 Å². The number of hydrogen-bond acceptors (Lipinski definition) is 0. The van der Waals surface area contributed by atoms with Crippen LogP contribution in [0.1, 0.15) is 37.2 Å². The maximum Gasteiger partial charge on any atom is 0.0601 e. The molecule has 2 aromatic rings. The molecule has 0 aliphatic heterocycles. The molecule has 1 aromatic heterocycles. The average Bonchev–Trinajstić information content (AvgIpc) is 2.85. The smallest absolute Gasteiger partial charge is 0.0601 e. The zero-order valence-corrected chi connectivity index (χ0v) is 10.2. The largest absolute Gasteiger partial charge is 0.360 e. The summed E-state index contributed by atoms with van der Waals surface area (Å²) in [4.78, 5) is 3.39. The van der Waals surface area contributed by atoms with Crippen molar-refractivity contribution in [3.8, 4) is 0 Å². The lowest BCUT2D eigenvalue weighted by Gasteiger charge is -2.06. The van der Waals surface area contributed by atoms with Gasteiger partial charge in [0.1, 0.15) is 0 Å². The molecule has 1 aliphatic rings. The van der Waals surface area contributed by atoms with Crippen LogP contribution in [0.4, 0.5) is 0 Å². The van der Waals surface area contributed by atoms with E-state index >= 15 is 0 Å². The van der Waals surface area contributed by atoms with E-state index in [0.717, 1.165) is 5.92 Å². The predicted molar refractivity (Wildman–Crippen MR) is 67.2 cm³/mol. The lowest BCUT2D eigenvalue weighted by molar-refractivity contribution is 0.729. The van der Waals surface area contributed by atoms with Crippen molar-refractivity contribution in [3.63, 3.8) is 0 Å². The normalized spacial score (nSPS) is 17.7. The number of fused-ring (bicyclic) bond motifs is 1. The van der Waals surface area contributed by atoms with Crippen molar-refractivity contribution in [1.29, 1.82) is 0 Å². The number of nitrogens with one attached hydrogen (secondary N) is 1. The fraction of sp³-hybridized carbons (Fsp3) is 0.385. The van der Waals surface area contributed by atoms with Gasteiger partial charge >= 0.3 is 0 Å². The van der Waals surface area contributed by atoms with E-state index in [1.165, 1.54) is 46.6 Å². The molecule has 1 nitrogen and oxygen atoms in total.